The van der Waals surface area contributed by atoms with Gasteiger partial charge in [-0.2, -0.15) is 0 Å². The first kappa shape index (κ1) is 33.6. The average molecular weight is 686 g/mol. The van der Waals surface area contributed by atoms with Gasteiger partial charge in [-0.1, -0.05) is 66.0 Å². The van der Waals surface area contributed by atoms with Crippen molar-refractivity contribution in [2.45, 2.75) is 0 Å². The van der Waals surface area contributed by atoms with E-state index >= 15 is 0 Å². The summed E-state index contributed by atoms with van der Waals surface area (Å²) in [5.74, 6) is 12.5. The Bertz CT molecular complexity index is 2450. The largest absolute Gasteiger partial charge is 0.322 e. The summed E-state index contributed by atoms with van der Waals surface area (Å²) in [5.41, 5.74) is 5.12. The molecule has 0 saturated heterocycles. The number of anilines is 3. The van der Waals surface area contributed by atoms with Crippen LogP contribution in [0.3, 0.4) is 0 Å². The van der Waals surface area contributed by atoms with E-state index in [9.17, 15) is 19.2 Å². The van der Waals surface area contributed by atoms with E-state index in [1.807, 2.05) is 60.7 Å². The Balaban J connectivity index is 1.16. The molecule has 250 valence electrons. The van der Waals surface area contributed by atoms with Crippen LogP contribution in [0.2, 0.25) is 0 Å². The summed E-state index contributed by atoms with van der Waals surface area (Å²) in [6.07, 6.45) is 5.54. The highest BCUT2D eigenvalue weighted by molar-refractivity contribution is 6.35. The van der Waals surface area contributed by atoms with Gasteiger partial charge in [0.1, 0.15) is 0 Å². The summed E-state index contributed by atoms with van der Waals surface area (Å²) in [4.78, 5) is 55.4. The fourth-order valence-electron chi connectivity index (χ4n) is 5.58. The molecule has 2 N–H and O–H groups in total. The van der Waals surface area contributed by atoms with Crippen LogP contribution in [0.4, 0.5) is 17.1 Å². The zero-order valence-electron chi connectivity index (χ0n) is 28.0. The Morgan fingerprint density at radius 3 is 1.34 bits per heavy atom. The topological polar surface area (TPSA) is 95.6 Å². The zero-order chi connectivity index (χ0) is 36.7. The molecule has 6 aromatic rings. The molecular weight excluding hydrogens is 659 g/mol. The number of benzene rings is 6. The fourth-order valence-corrected chi connectivity index (χ4v) is 5.58. The molecule has 7 heteroatoms. The van der Waals surface area contributed by atoms with E-state index in [1.54, 1.807) is 54.6 Å². The molecule has 0 radical (unpaired) electrons. The third kappa shape index (κ3) is 7.64. The lowest BCUT2D eigenvalue weighted by Crippen LogP contribution is -2.30. The summed E-state index contributed by atoms with van der Waals surface area (Å²) in [7, 11) is 0. The third-order valence-electron chi connectivity index (χ3n) is 8.29. The standard InChI is InChI=1S/C46H27N3O4/c1-2-31-21-26-41-42(27-31)46(53)49(45(41)52)40-29-36(43(50)47-38-22-17-34(18-23-38)15-13-32-9-5-3-6-10-32)28-37(30-40)44(51)48-39-24-19-35(20-25-39)16-14-33-11-7-4-8-12-33/h1,3-12,17-30H,(H,47,50)(H,48,51). The normalized spacial score (nSPS) is 11.3. The molecule has 0 fully saturated rings. The Morgan fingerprint density at radius 2 is 0.887 bits per heavy atom. The molecule has 1 aliphatic rings. The van der Waals surface area contributed by atoms with E-state index < -0.39 is 23.6 Å². The van der Waals surface area contributed by atoms with Crippen LogP contribution in [0.5, 0.6) is 0 Å². The van der Waals surface area contributed by atoms with Crippen LogP contribution in [0.15, 0.2) is 146 Å². The highest BCUT2D eigenvalue weighted by atomic mass is 16.2. The van der Waals surface area contributed by atoms with Gasteiger partial charge in [0.15, 0.2) is 0 Å². The van der Waals surface area contributed by atoms with Crippen molar-refractivity contribution in [2.75, 3.05) is 15.5 Å². The number of terminal acetylenes is 1. The van der Waals surface area contributed by atoms with Crippen LogP contribution in [-0.4, -0.2) is 23.6 Å². The first-order valence-electron chi connectivity index (χ1n) is 16.5. The Kier molecular flexibility index (Phi) is 9.44. The van der Waals surface area contributed by atoms with E-state index in [-0.39, 0.29) is 27.9 Å². The van der Waals surface area contributed by atoms with Gasteiger partial charge < -0.3 is 10.6 Å². The van der Waals surface area contributed by atoms with Gasteiger partial charge in [-0.25, -0.2) is 4.90 Å². The molecule has 0 bridgehead atoms. The zero-order valence-corrected chi connectivity index (χ0v) is 28.0. The van der Waals surface area contributed by atoms with Crippen molar-refractivity contribution >= 4 is 40.7 Å². The second-order valence-corrected chi connectivity index (χ2v) is 11.9. The second kappa shape index (κ2) is 14.9. The minimum Gasteiger partial charge on any atom is -0.322 e. The van der Waals surface area contributed by atoms with Crippen molar-refractivity contribution in [3.05, 3.63) is 196 Å². The number of hydrogen-bond donors (Lipinski definition) is 2. The van der Waals surface area contributed by atoms with Gasteiger partial charge in [0.2, 0.25) is 0 Å². The molecule has 7 rings (SSSR count). The molecule has 0 spiro atoms. The van der Waals surface area contributed by atoms with E-state index in [0.29, 0.717) is 16.9 Å². The number of hydrogen-bond acceptors (Lipinski definition) is 4. The molecule has 7 nitrogen and oxygen atoms in total. The summed E-state index contributed by atoms with van der Waals surface area (Å²) in [6.45, 7) is 0. The third-order valence-corrected chi connectivity index (χ3v) is 8.29. The van der Waals surface area contributed by atoms with Gasteiger partial charge in [-0.05, 0) is 109 Å². The highest BCUT2D eigenvalue weighted by Gasteiger charge is 2.37. The molecule has 6 aromatic carbocycles. The molecule has 1 aliphatic heterocycles. The minimum absolute atomic E-state index is 0.0491. The van der Waals surface area contributed by atoms with Crippen molar-refractivity contribution < 1.29 is 19.2 Å². The Hall–Kier alpha value is -7.92. The molecule has 0 unspecified atom stereocenters. The van der Waals surface area contributed by atoms with Crippen molar-refractivity contribution in [3.63, 3.8) is 0 Å². The van der Waals surface area contributed by atoms with Crippen LogP contribution in [-0.2, 0) is 0 Å². The number of rotatable bonds is 5. The van der Waals surface area contributed by atoms with Crippen molar-refractivity contribution in [1.82, 2.24) is 0 Å². The lowest BCUT2D eigenvalue weighted by Gasteiger charge is -2.17. The number of nitrogens with zero attached hydrogens (tertiary/aromatic N) is 1. The van der Waals surface area contributed by atoms with Gasteiger partial charge in [0, 0.05) is 50.3 Å². The predicted octanol–water partition coefficient (Wildman–Crippen LogP) is 7.77. The smallest absolute Gasteiger partial charge is 0.266 e. The van der Waals surface area contributed by atoms with Crippen LogP contribution in [0, 0.1) is 36.0 Å². The molecule has 0 aliphatic carbocycles. The monoisotopic (exact) mass is 685 g/mol. The van der Waals surface area contributed by atoms with E-state index in [2.05, 4.69) is 40.2 Å². The first-order valence-corrected chi connectivity index (χ1v) is 16.5. The lowest BCUT2D eigenvalue weighted by molar-refractivity contribution is 0.0922. The van der Waals surface area contributed by atoms with Crippen LogP contribution in [0.1, 0.15) is 69.2 Å². The number of amides is 4. The summed E-state index contributed by atoms with van der Waals surface area (Å²) >= 11 is 0. The van der Waals surface area contributed by atoms with Crippen molar-refractivity contribution in [2.24, 2.45) is 0 Å². The number of imide groups is 1. The molecule has 0 aromatic heterocycles. The molecule has 0 saturated carbocycles. The Labute approximate surface area is 306 Å². The van der Waals surface area contributed by atoms with Gasteiger partial charge in [0.05, 0.1) is 16.8 Å². The van der Waals surface area contributed by atoms with Gasteiger partial charge in [-0.15, -0.1) is 6.42 Å². The number of nitrogens with one attached hydrogen (secondary N) is 2. The van der Waals surface area contributed by atoms with Crippen molar-refractivity contribution in [3.8, 4) is 36.0 Å². The molecule has 4 amide bonds. The van der Waals surface area contributed by atoms with Gasteiger partial charge >= 0.3 is 0 Å². The molecular formula is C46H27N3O4. The predicted molar refractivity (Wildman–Crippen MR) is 206 cm³/mol. The van der Waals surface area contributed by atoms with E-state index in [0.717, 1.165) is 27.2 Å². The number of carbonyl (C=O) groups excluding carboxylic acids is 4. The molecule has 0 atom stereocenters. The maximum Gasteiger partial charge on any atom is 0.266 e. The first-order chi connectivity index (χ1) is 25.8. The maximum absolute atomic E-state index is 13.7. The average Bonchev–Trinajstić information content (AvgIpc) is 3.45. The maximum atomic E-state index is 13.7. The SMILES string of the molecule is C#Cc1ccc2c(c1)C(=O)N(c1cc(C(=O)Nc3ccc(C#Cc4ccccc4)cc3)cc(C(=O)Nc3ccc(C#Cc4ccccc4)cc3)c1)C2=O. The minimum atomic E-state index is -0.620. The molecule has 1 heterocycles. The van der Waals surface area contributed by atoms with Crippen LogP contribution >= 0.6 is 0 Å². The number of carbonyl (C=O) groups is 4. The van der Waals surface area contributed by atoms with Crippen molar-refractivity contribution in [1.29, 1.82) is 0 Å². The van der Waals surface area contributed by atoms with E-state index in [1.165, 1.54) is 30.3 Å². The summed E-state index contributed by atoms with van der Waals surface area (Å²) in [5, 5.41) is 5.67. The van der Waals surface area contributed by atoms with Crippen LogP contribution in [0.25, 0.3) is 0 Å². The second-order valence-electron chi connectivity index (χ2n) is 11.9. The van der Waals surface area contributed by atoms with Gasteiger partial charge in [-0.3, -0.25) is 19.2 Å². The summed E-state index contributed by atoms with van der Waals surface area (Å²) in [6, 6.07) is 41.9. The van der Waals surface area contributed by atoms with E-state index in [4.69, 9.17) is 6.42 Å². The highest BCUT2D eigenvalue weighted by Crippen LogP contribution is 2.31. The lowest BCUT2D eigenvalue weighted by atomic mass is 10.1. The molecule has 53 heavy (non-hydrogen) atoms. The number of fused-ring (bicyclic) bond motifs is 1. The Morgan fingerprint density at radius 1 is 0.472 bits per heavy atom. The quantitative estimate of drug-likeness (QED) is 0.143. The summed E-state index contributed by atoms with van der Waals surface area (Å²) < 4.78 is 0. The van der Waals surface area contributed by atoms with Gasteiger partial charge in [0.25, 0.3) is 23.6 Å². The van der Waals surface area contributed by atoms with Crippen LogP contribution < -0.4 is 15.5 Å². The fraction of sp³-hybridized carbons (Fsp3) is 0.